The Hall–Kier alpha value is -2.18. The van der Waals surface area contributed by atoms with Gasteiger partial charge in [0.25, 0.3) is 0 Å². The summed E-state index contributed by atoms with van der Waals surface area (Å²) in [6.07, 6.45) is 0. The smallest absolute Gasteiger partial charge is 0.326 e. The summed E-state index contributed by atoms with van der Waals surface area (Å²) in [5.41, 5.74) is 5.62. The molecule has 0 amide bonds. The maximum atomic E-state index is 13.4. The predicted octanol–water partition coefficient (Wildman–Crippen LogP) is 1.46. The van der Waals surface area contributed by atoms with Crippen LogP contribution in [0.1, 0.15) is 6.92 Å². The summed E-state index contributed by atoms with van der Waals surface area (Å²) in [6, 6.07) is 1.78. The highest BCUT2D eigenvalue weighted by Gasteiger charge is 2.16. The third kappa shape index (κ3) is 2.11. The van der Waals surface area contributed by atoms with Gasteiger partial charge in [-0.3, -0.25) is 9.36 Å². The quantitative estimate of drug-likeness (QED) is 0.843. The van der Waals surface area contributed by atoms with E-state index < -0.39 is 17.6 Å². The van der Waals surface area contributed by atoms with E-state index in [2.05, 4.69) is 4.98 Å². The van der Waals surface area contributed by atoms with Crippen molar-refractivity contribution >= 4 is 23.0 Å². The maximum absolute atomic E-state index is 13.4. The molecule has 2 rings (SSSR count). The summed E-state index contributed by atoms with van der Waals surface area (Å²) in [5, 5.41) is 0. The van der Waals surface area contributed by atoms with Gasteiger partial charge >= 0.3 is 5.97 Å². The summed E-state index contributed by atoms with van der Waals surface area (Å²) >= 11 is 0. The van der Waals surface area contributed by atoms with Crippen LogP contribution in [0.2, 0.25) is 0 Å². The van der Waals surface area contributed by atoms with Crippen molar-refractivity contribution in [2.75, 3.05) is 12.3 Å². The fraction of sp³-hybridized carbons (Fsp3) is 0.273. The molecular weight excluding hydrogens is 244 g/mol. The molecule has 18 heavy (non-hydrogen) atoms. The number of imidazole rings is 1. The summed E-state index contributed by atoms with van der Waals surface area (Å²) in [5.74, 6) is -2.19. The average molecular weight is 255 g/mol. The summed E-state index contributed by atoms with van der Waals surface area (Å²) < 4.78 is 32.5. The molecule has 1 aromatic heterocycles. The molecule has 0 unspecified atom stereocenters. The van der Waals surface area contributed by atoms with Gasteiger partial charge in [0.15, 0.2) is 5.82 Å². The zero-order chi connectivity index (χ0) is 13.3. The van der Waals surface area contributed by atoms with Gasteiger partial charge in [0, 0.05) is 12.1 Å². The van der Waals surface area contributed by atoms with Crippen LogP contribution in [0.4, 0.5) is 14.7 Å². The van der Waals surface area contributed by atoms with Crippen molar-refractivity contribution in [2.45, 2.75) is 13.5 Å². The molecule has 2 aromatic rings. The molecule has 0 bridgehead atoms. The zero-order valence-corrected chi connectivity index (χ0v) is 9.61. The predicted molar refractivity (Wildman–Crippen MR) is 60.7 cm³/mol. The van der Waals surface area contributed by atoms with E-state index in [1.165, 1.54) is 4.57 Å². The van der Waals surface area contributed by atoms with Gasteiger partial charge < -0.3 is 10.5 Å². The number of carbonyl (C=O) groups excluding carboxylic acids is 1. The highest BCUT2D eigenvalue weighted by molar-refractivity contribution is 5.81. The Morgan fingerprint density at radius 2 is 2.22 bits per heavy atom. The first-order chi connectivity index (χ1) is 8.52. The first-order valence-corrected chi connectivity index (χ1v) is 5.29. The number of nitrogens with zero attached hydrogens (tertiary/aromatic N) is 2. The van der Waals surface area contributed by atoms with Crippen LogP contribution in [0, 0.1) is 11.6 Å². The summed E-state index contributed by atoms with van der Waals surface area (Å²) in [6.45, 7) is 1.64. The second kappa shape index (κ2) is 4.59. The van der Waals surface area contributed by atoms with Crippen molar-refractivity contribution < 1.29 is 18.3 Å². The van der Waals surface area contributed by atoms with Gasteiger partial charge in [-0.2, -0.15) is 0 Å². The molecule has 2 N–H and O–H groups in total. The Bertz CT molecular complexity index is 610. The van der Waals surface area contributed by atoms with Crippen LogP contribution in [-0.2, 0) is 16.1 Å². The number of anilines is 1. The lowest BCUT2D eigenvalue weighted by Gasteiger charge is -2.05. The molecule has 1 heterocycles. The van der Waals surface area contributed by atoms with Crippen LogP contribution in [0.25, 0.3) is 11.0 Å². The molecule has 0 saturated heterocycles. The molecule has 0 radical (unpaired) electrons. The Balaban J connectivity index is 2.50. The van der Waals surface area contributed by atoms with E-state index in [0.717, 1.165) is 6.07 Å². The average Bonchev–Trinajstić information content (AvgIpc) is 2.58. The van der Waals surface area contributed by atoms with Crippen molar-refractivity contribution in [2.24, 2.45) is 0 Å². The van der Waals surface area contributed by atoms with Crippen molar-refractivity contribution in [3.8, 4) is 0 Å². The number of nitrogens with two attached hydrogens (primary N) is 1. The lowest BCUT2D eigenvalue weighted by molar-refractivity contribution is -0.143. The van der Waals surface area contributed by atoms with Crippen molar-refractivity contribution in [3.05, 3.63) is 23.8 Å². The SMILES string of the molecule is CCOC(=O)Cn1c(N)nc2c(F)cc(F)cc21. The van der Waals surface area contributed by atoms with Gasteiger partial charge in [-0.05, 0) is 6.92 Å². The van der Waals surface area contributed by atoms with Crippen LogP contribution >= 0.6 is 0 Å². The molecule has 0 aliphatic heterocycles. The van der Waals surface area contributed by atoms with E-state index in [1.54, 1.807) is 6.92 Å². The highest BCUT2D eigenvalue weighted by Crippen LogP contribution is 2.22. The Kier molecular flexibility index (Phi) is 3.14. The van der Waals surface area contributed by atoms with Gasteiger partial charge in [0.1, 0.15) is 17.9 Å². The van der Waals surface area contributed by atoms with Crippen LogP contribution in [0.15, 0.2) is 12.1 Å². The van der Waals surface area contributed by atoms with E-state index in [1.807, 2.05) is 0 Å². The first-order valence-electron chi connectivity index (χ1n) is 5.29. The van der Waals surface area contributed by atoms with Gasteiger partial charge in [-0.15, -0.1) is 0 Å². The maximum Gasteiger partial charge on any atom is 0.326 e. The third-order valence-corrected chi connectivity index (χ3v) is 2.39. The third-order valence-electron chi connectivity index (χ3n) is 2.39. The Morgan fingerprint density at radius 1 is 1.50 bits per heavy atom. The minimum absolute atomic E-state index is 0.0671. The largest absolute Gasteiger partial charge is 0.465 e. The lowest BCUT2D eigenvalue weighted by Crippen LogP contribution is -2.15. The first kappa shape index (κ1) is 12.3. The van der Waals surface area contributed by atoms with E-state index in [0.29, 0.717) is 6.07 Å². The molecular formula is C11H11F2N3O2. The fourth-order valence-corrected chi connectivity index (χ4v) is 1.67. The number of fused-ring (bicyclic) bond motifs is 1. The van der Waals surface area contributed by atoms with Gasteiger partial charge in [-0.25, -0.2) is 13.8 Å². The topological polar surface area (TPSA) is 70.1 Å². The highest BCUT2D eigenvalue weighted by atomic mass is 19.1. The number of esters is 1. The molecule has 0 spiro atoms. The summed E-state index contributed by atoms with van der Waals surface area (Å²) in [7, 11) is 0. The molecule has 0 saturated carbocycles. The second-order valence-corrected chi connectivity index (χ2v) is 3.62. The van der Waals surface area contributed by atoms with Crippen LogP contribution in [0.5, 0.6) is 0 Å². The number of rotatable bonds is 3. The van der Waals surface area contributed by atoms with Crippen LogP contribution < -0.4 is 5.73 Å². The standard InChI is InChI=1S/C11H11F2N3O2/c1-2-18-9(17)5-16-8-4-6(12)3-7(13)10(8)15-11(16)14/h3-4H,2,5H2,1H3,(H2,14,15). The molecule has 0 fully saturated rings. The van der Waals surface area contributed by atoms with Gasteiger partial charge in [0.05, 0.1) is 12.1 Å². The van der Waals surface area contributed by atoms with Crippen molar-refractivity contribution in [3.63, 3.8) is 0 Å². The normalized spacial score (nSPS) is 10.8. The van der Waals surface area contributed by atoms with E-state index in [9.17, 15) is 13.6 Å². The van der Waals surface area contributed by atoms with Crippen LogP contribution in [-0.4, -0.2) is 22.1 Å². The van der Waals surface area contributed by atoms with E-state index >= 15 is 0 Å². The van der Waals surface area contributed by atoms with E-state index in [-0.39, 0.29) is 30.1 Å². The number of nitrogen functional groups attached to an aromatic ring is 1. The molecule has 0 aliphatic carbocycles. The monoisotopic (exact) mass is 255 g/mol. The van der Waals surface area contributed by atoms with Crippen molar-refractivity contribution in [1.82, 2.24) is 9.55 Å². The number of ether oxygens (including phenoxy) is 1. The van der Waals surface area contributed by atoms with Gasteiger partial charge in [-0.1, -0.05) is 0 Å². The zero-order valence-electron chi connectivity index (χ0n) is 9.61. The molecule has 96 valence electrons. The van der Waals surface area contributed by atoms with E-state index in [4.69, 9.17) is 10.5 Å². The Morgan fingerprint density at radius 3 is 2.89 bits per heavy atom. The number of hydrogen-bond donors (Lipinski definition) is 1. The minimum Gasteiger partial charge on any atom is -0.465 e. The van der Waals surface area contributed by atoms with Crippen LogP contribution in [0.3, 0.4) is 0 Å². The number of hydrogen-bond acceptors (Lipinski definition) is 4. The minimum atomic E-state index is -0.820. The van der Waals surface area contributed by atoms with Gasteiger partial charge in [0.2, 0.25) is 5.95 Å². The molecule has 0 atom stereocenters. The number of aromatic nitrogens is 2. The number of benzene rings is 1. The molecule has 5 nitrogen and oxygen atoms in total. The van der Waals surface area contributed by atoms with Crippen molar-refractivity contribution in [1.29, 1.82) is 0 Å². The fourth-order valence-electron chi connectivity index (χ4n) is 1.67. The second-order valence-electron chi connectivity index (χ2n) is 3.62. The summed E-state index contributed by atoms with van der Waals surface area (Å²) in [4.78, 5) is 15.1. The lowest BCUT2D eigenvalue weighted by atomic mass is 10.3. The molecule has 0 aliphatic rings. The molecule has 1 aromatic carbocycles. The Labute approximate surface area is 101 Å². The number of carbonyl (C=O) groups is 1. The molecule has 7 heteroatoms. The number of halogens is 2.